The van der Waals surface area contributed by atoms with Crippen molar-refractivity contribution in [2.45, 2.75) is 58.3 Å². The highest BCUT2D eigenvalue weighted by molar-refractivity contribution is 8.26. The predicted molar refractivity (Wildman–Crippen MR) is 136 cm³/mol. The van der Waals surface area contributed by atoms with Gasteiger partial charge in [0, 0.05) is 25.8 Å². The smallest absolute Gasteiger partial charge is 0.267 e. The van der Waals surface area contributed by atoms with E-state index in [1.807, 2.05) is 18.2 Å². The van der Waals surface area contributed by atoms with Crippen LogP contribution in [0.4, 0.5) is 5.82 Å². The fourth-order valence-corrected chi connectivity index (χ4v) is 5.55. The molecule has 4 heterocycles. The van der Waals surface area contributed by atoms with Crippen molar-refractivity contribution in [1.82, 2.24) is 14.3 Å². The van der Waals surface area contributed by atoms with Crippen LogP contribution in [0.5, 0.6) is 0 Å². The number of aromatic nitrogens is 2. The average molecular weight is 471 g/mol. The standard InChI is InChI=1S/C24H30N4O2S2/c1-2-3-4-5-10-16-28-23(30)19(32-24(28)31)17-18-21(26-13-8-6-9-14-26)25-20-12-7-11-15-27(20)22(18)29/h7,11-12,15,17H,2-6,8-10,13-14,16H2,1H3/b19-17-. The van der Waals surface area contributed by atoms with Crippen molar-refractivity contribution in [1.29, 1.82) is 0 Å². The Bertz CT molecular complexity index is 1090. The molecule has 2 fully saturated rings. The molecular formula is C24H30N4O2S2. The maximum atomic E-state index is 13.4. The van der Waals surface area contributed by atoms with E-state index < -0.39 is 0 Å². The number of pyridine rings is 1. The summed E-state index contributed by atoms with van der Waals surface area (Å²) >= 11 is 6.79. The molecule has 2 aliphatic rings. The Morgan fingerprint density at radius 3 is 2.66 bits per heavy atom. The lowest BCUT2D eigenvalue weighted by atomic mass is 10.1. The number of thiocarbonyl (C=S) groups is 1. The molecule has 1 amide bonds. The number of hydrogen-bond acceptors (Lipinski definition) is 6. The second kappa shape index (κ2) is 10.6. The Labute approximate surface area is 198 Å². The molecule has 2 saturated heterocycles. The van der Waals surface area contributed by atoms with Crippen molar-refractivity contribution in [3.05, 3.63) is 45.2 Å². The lowest BCUT2D eigenvalue weighted by Crippen LogP contribution is -2.33. The summed E-state index contributed by atoms with van der Waals surface area (Å²) in [6.45, 7) is 4.57. The van der Waals surface area contributed by atoms with Gasteiger partial charge in [-0.05, 0) is 43.9 Å². The molecule has 4 rings (SSSR count). The van der Waals surface area contributed by atoms with Crippen LogP contribution in [0.1, 0.15) is 63.9 Å². The first-order chi connectivity index (χ1) is 15.6. The molecule has 0 N–H and O–H groups in total. The van der Waals surface area contributed by atoms with Crippen LogP contribution in [0.25, 0.3) is 11.7 Å². The molecule has 0 bridgehead atoms. The minimum absolute atomic E-state index is 0.0994. The average Bonchev–Trinajstić information content (AvgIpc) is 3.08. The first-order valence-electron chi connectivity index (χ1n) is 11.6. The second-order valence-electron chi connectivity index (χ2n) is 8.38. The highest BCUT2D eigenvalue weighted by atomic mass is 32.2. The van der Waals surface area contributed by atoms with Crippen LogP contribution in [0, 0.1) is 0 Å². The van der Waals surface area contributed by atoms with Crippen LogP contribution in [0.2, 0.25) is 0 Å². The molecule has 0 atom stereocenters. The van der Waals surface area contributed by atoms with Gasteiger partial charge in [0.2, 0.25) is 0 Å². The molecule has 0 unspecified atom stereocenters. The van der Waals surface area contributed by atoms with E-state index in [0.717, 1.165) is 38.8 Å². The van der Waals surface area contributed by atoms with Crippen LogP contribution in [-0.4, -0.2) is 44.1 Å². The van der Waals surface area contributed by atoms with E-state index in [-0.39, 0.29) is 11.5 Å². The fraction of sp³-hybridized carbons (Fsp3) is 0.500. The van der Waals surface area contributed by atoms with Gasteiger partial charge in [-0.3, -0.25) is 18.9 Å². The van der Waals surface area contributed by atoms with Gasteiger partial charge in [-0.2, -0.15) is 0 Å². The summed E-state index contributed by atoms with van der Waals surface area (Å²) in [6, 6.07) is 5.54. The summed E-state index contributed by atoms with van der Waals surface area (Å²) in [7, 11) is 0. The van der Waals surface area contributed by atoms with Crippen molar-refractivity contribution in [2.24, 2.45) is 0 Å². The number of fused-ring (bicyclic) bond motifs is 1. The lowest BCUT2D eigenvalue weighted by molar-refractivity contribution is -0.122. The molecule has 0 aliphatic carbocycles. The quantitative estimate of drug-likeness (QED) is 0.312. The van der Waals surface area contributed by atoms with Crippen LogP contribution in [0.3, 0.4) is 0 Å². The van der Waals surface area contributed by atoms with Gasteiger partial charge >= 0.3 is 0 Å². The number of hydrogen-bond donors (Lipinski definition) is 0. The highest BCUT2D eigenvalue weighted by Gasteiger charge is 2.32. The monoisotopic (exact) mass is 470 g/mol. The van der Waals surface area contributed by atoms with Crippen LogP contribution < -0.4 is 10.5 Å². The predicted octanol–water partition coefficient (Wildman–Crippen LogP) is 4.86. The number of carbonyl (C=O) groups is 1. The SMILES string of the molecule is CCCCCCCN1C(=O)/C(=C/c2c(N3CCCCC3)nc3ccccn3c2=O)SC1=S. The lowest BCUT2D eigenvalue weighted by Gasteiger charge is -2.29. The molecule has 6 nitrogen and oxygen atoms in total. The summed E-state index contributed by atoms with van der Waals surface area (Å²) in [5, 5.41) is 0. The largest absolute Gasteiger partial charge is 0.356 e. The molecular weight excluding hydrogens is 440 g/mol. The first-order valence-corrected chi connectivity index (χ1v) is 12.8. The van der Waals surface area contributed by atoms with Gasteiger partial charge in [0.05, 0.1) is 10.5 Å². The third-order valence-electron chi connectivity index (χ3n) is 6.04. The number of piperidine rings is 1. The third-order valence-corrected chi connectivity index (χ3v) is 7.42. The van der Waals surface area contributed by atoms with Crippen LogP contribution in [-0.2, 0) is 4.79 Å². The fourth-order valence-electron chi connectivity index (χ4n) is 4.26. The van der Waals surface area contributed by atoms with Gasteiger partial charge < -0.3 is 4.90 Å². The van der Waals surface area contributed by atoms with Crippen molar-refractivity contribution in [2.75, 3.05) is 24.5 Å². The number of amides is 1. The minimum Gasteiger partial charge on any atom is -0.356 e. The summed E-state index contributed by atoms with van der Waals surface area (Å²) < 4.78 is 2.12. The Morgan fingerprint density at radius 1 is 1.09 bits per heavy atom. The molecule has 2 aromatic heterocycles. The maximum Gasteiger partial charge on any atom is 0.267 e. The zero-order valence-corrected chi connectivity index (χ0v) is 20.2. The van der Waals surface area contributed by atoms with Gasteiger partial charge in [0.15, 0.2) is 0 Å². The first kappa shape index (κ1) is 23.0. The minimum atomic E-state index is -0.152. The van der Waals surface area contributed by atoms with E-state index in [4.69, 9.17) is 17.2 Å². The summed E-state index contributed by atoms with van der Waals surface area (Å²) in [5.41, 5.74) is 0.940. The van der Waals surface area contributed by atoms with E-state index in [0.29, 0.717) is 32.8 Å². The van der Waals surface area contributed by atoms with Gasteiger partial charge in [0.1, 0.15) is 15.8 Å². The number of unbranched alkanes of at least 4 members (excludes halogenated alkanes) is 4. The molecule has 2 aliphatic heterocycles. The van der Waals surface area contributed by atoms with E-state index in [9.17, 15) is 9.59 Å². The van der Waals surface area contributed by atoms with E-state index in [1.54, 1.807) is 21.6 Å². The number of thioether (sulfide) groups is 1. The van der Waals surface area contributed by atoms with E-state index in [2.05, 4.69) is 11.8 Å². The van der Waals surface area contributed by atoms with Gasteiger partial charge in [-0.1, -0.05) is 62.7 Å². The van der Waals surface area contributed by atoms with E-state index >= 15 is 0 Å². The van der Waals surface area contributed by atoms with Crippen molar-refractivity contribution in [3.8, 4) is 0 Å². The number of carbonyl (C=O) groups excluding carboxylic acids is 1. The maximum absolute atomic E-state index is 13.4. The molecule has 0 saturated carbocycles. The number of rotatable bonds is 8. The number of anilines is 1. The molecule has 0 aromatic carbocycles. The zero-order chi connectivity index (χ0) is 22.5. The summed E-state index contributed by atoms with van der Waals surface area (Å²) in [5.74, 6) is 0.573. The van der Waals surface area contributed by atoms with Crippen molar-refractivity contribution < 1.29 is 4.79 Å². The van der Waals surface area contributed by atoms with Crippen LogP contribution >= 0.6 is 24.0 Å². The molecule has 170 valence electrons. The normalized spacial score (nSPS) is 18.3. The number of nitrogens with zero attached hydrogens (tertiary/aromatic N) is 4. The summed E-state index contributed by atoms with van der Waals surface area (Å²) in [6.07, 6.45) is 12.4. The second-order valence-corrected chi connectivity index (χ2v) is 10.1. The topological polar surface area (TPSA) is 57.9 Å². The Kier molecular flexibility index (Phi) is 7.63. The Hall–Kier alpha value is -2.19. The molecule has 32 heavy (non-hydrogen) atoms. The molecule has 2 aromatic rings. The van der Waals surface area contributed by atoms with Gasteiger partial charge in [0.25, 0.3) is 11.5 Å². The van der Waals surface area contributed by atoms with Crippen LogP contribution in [0.15, 0.2) is 34.1 Å². The molecule has 0 spiro atoms. The van der Waals surface area contributed by atoms with Crippen molar-refractivity contribution in [3.63, 3.8) is 0 Å². The van der Waals surface area contributed by atoms with Gasteiger partial charge in [-0.15, -0.1) is 0 Å². The molecule has 0 radical (unpaired) electrons. The van der Waals surface area contributed by atoms with Crippen molar-refractivity contribution >= 4 is 51.7 Å². The van der Waals surface area contributed by atoms with E-state index in [1.165, 1.54) is 37.4 Å². The molecule has 8 heteroatoms. The zero-order valence-electron chi connectivity index (χ0n) is 18.6. The third kappa shape index (κ3) is 4.91. The Balaban J connectivity index is 1.65. The van der Waals surface area contributed by atoms with Gasteiger partial charge in [-0.25, -0.2) is 4.98 Å². The Morgan fingerprint density at radius 2 is 1.88 bits per heavy atom. The summed E-state index contributed by atoms with van der Waals surface area (Å²) in [4.78, 5) is 35.7. The highest BCUT2D eigenvalue weighted by Crippen LogP contribution is 2.34.